The minimum atomic E-state index is -1.45. The van der Waals surface area contributed by atoms with Crippen molar-refractivity contribution in [3.8, 4) is 0 Å². The summed E-state index contributed by atoms with van der Waals surface area (Å²) in [5.74, 6) is -3.42. The first-order valence-electron chi connectivity index (χ1n) is 5.53. The Bertz CT molecular complexity index is 617. The van der Waals surface area contributed by atoms with Gasteiger partial charge in [0.2, 0.25) is 0 Å². The van der Waals surface area contributed by atoms with Crippen LogP contribution >= 0.6 is 0 Å². The number of ketones is 3. The van der Waals surface area contributed by atoms with Crippen LogP contribution in [-0.2, 0) is 9.59 Å². The molecular weight excluding hydrogens is 250 g/mol. The number of para-hydroxylation sites is 1. The van der Waals surface area contributed by atoms with E-state index in [4.69, 9.17) is 0 Å². The molecule has 1 aromatic rings. The van der Waals surface area contributed by atoms with Crippen molar-refractivity contribution in [3.63, 3.8) is 0 Å². The topological polar surface area (TPSA) is 94.3 Å². The van der Waals surface area contributed by atoms with Crippen molar-refractivity contribution in [1.29, 1.82) is 0 Å². The molecule has 0 saturated carbocycles. The van der Waals surface area contributed by atoms with Crippen LogP contribution in [0, 0.1) is 16.0 Å². The van der Waals surface area contributed by atoms with Crippen LogP contribution in [-0.4, -0.2) is 22.3 Å². The summed E-state index contributed by atoms with van der Waals surface area (Å²) < 4.78 is 0. The van der Waals surface area contributed by atoms with Gasteiger partial charge < -0.3 is 0 Å². The number of nitro groups is 1. The number of Topliss-reactive ketones (excluding diaryl/α,β-unsaturated/α-hetero) is 2. The van der Waals surface area contributed by atoms with Crippen molar-refractivity contribution in [3.05, 3.63) is 52.1 Å². The molecule has 0 bridgehead atoms. The molecule has 0 radical (unpaired) electrons. The van der Waals surface area contributed by atoms with E-state index < -0.39 is 33.9 Å². The third kappa shape index (κ3) is 2.33. The van der Waals surface area contributed by atoms with Gasteiger partial charge in [-0.2, -0.15) is 0 Å². The average molecular weight is 259 g/mol. The van der Waals surface area contributed by atoms with Crippen molar-refractivity contribution in [1.82, 2.24) is 0 Å². The van der Waals surface area contributed by atoms with Gasteiger partial charge in [-0.1, -0.05) is 18.2 Å². The molecule has 0 fully saturated rings. The number of nitrogens with zero attached hydrogens (tertiary/aromatic N) is 1. The smallest absolute Gasteiger partial charge is 0.280 e. The van der Waals surface area contributed by atoms with Crippen molar-refractivity contribution in [2.45, 2.75) is 6.42 Å². The monoisotopic (exact) mass is 259 g/mol. The first kappa shape index (κ1) is 12.8. The highest BCUT2D eigenvalue weighted by atomic mass is 16.6. The third-order valence-corrected chi connectivity index (χ3v) is 2.84. The highest BCUT2D eigenvalue weighted by Gasteiger charge is 2.36. The first-order chi connectivity index (χ1) is 9.02. The van der Waals surface area contributed by atoms with Crippen LogP contribution in [0.1, 0.15) is 16.8 Å². The van der Waals surface area contributed by atoms with Crippen molar-refractivity contribution < 1.29 is 19.3 Å². The molecule has 1 aromatic carbocycles. The first-order valence-corrected chi connectivity index (χ1v) is 5.53. The van der Waals surface area contributed by atoms with Crippen LogP contribution < -0.4 is 0 Å². The summed E-state index contributed by atoms with van der Waals surface area (Å²) in [6.07, 6.45) is 2.54. The predicted molar refractivity (Wildman–Crippen MR) is 64.7 cm³/mol. The molecule has 0 heterocycles. The summed E-state index contributed by atoms with van der Waals surface area (Å²) in [6.45, 7) is 0. The normalized spacial score (nSPS) is 18.4. The van der Waals surface area contributed by atoms with Gasteiger partial charge >= 0.3 is 0 Å². The van der Waals surface area contributed by atoms with Gasteiger partial charge in [0, 0.05) is 12.5 Å². The Kier molecular flexibility index (Phi) is 3.33. The van der Waals surface area contributed by atoms with Crippen molar-refractivity contribution >= 4 is 23.0 Å². The number of carbonyl (C=O) groups is 3. The molecule has 0 spiro atoms. The molecule has 0 aromatic heterocycles. The number of rotatable bonds is 3. The quantitative estimate of drug-likeness (QED) is 0.354. The van der Waals surface area contributed by atoms with Gasteiger partial charge in [0.05, 0.1) is 10.5 Å². The molecule has 0 aliphatic heterocycles. The molecule has 19 heavy (non-hydrogen) atoms. The van der Waals surface area contributed by atoms with E-state index >= 15 is 0 Å². The van der Waals surface area contributed by atoms with Crippen LogP contribution in [0.25, 0.3) is 0 Å². The Labute approximate surface area is 107 Å². The molecule has 2 rings (SSSR count). The second-order valence-electron chi connectivity index (χ2n) is 4.05. The lowest BCUT2D eigenvalue weighted by Crippen LogP contribution is -2.33. The van der Waals surface area contributed by atoms with E-state index in [1.807, 2.05) is 0 Å². The Morgan fingerprint density at radius 1 is 1.26 bits per heavy atom. The van der Waals surface area contributed by atoms with Crippen LogP contribution in [0.2, 0.25) is 0 Å². The molecule has 1 aliphatic carbocycles. The Hall–Kier alpha value is -2.63. The lowest BCUT2D eigenvalue weighted by Gasteiger charge is -2.14. The van der Waals surface area contributed by atoms with Crippen molar-refractivity contribution in [2.75, 3.05) is 0 Å². The summed E-state index contributed by atoms with van der Waals surface area (Å²) in [5, 5.41) is 10.8. The van der Waals surface area contributed by atoms with E-state index in [1.165, 1.54) is 36.4 Å². The molecular formula is C13H9NO5. The number of carbonyl (C=O) groups excluding carboxylic acids is 3. The molecule has 1 aliphatic rings. The van der Waals surface area contributed by atoms with Gasteiger partial charge in [0.25, 0.3) is 5.69 Å². The zero-order chi connectivity index (χ0) is 14.0. The van der Waals surface area contributed by atoms with Crippen LogP contribution in [0.5, 0.6) is 0 Å². The van der Waals surface area contributed by atoms with E-state index in [2.05, 4.69) is 0 Å². The van der Waals surface area contributed by atoms with Crippen molar-refractivity contribution in [2.24, 2.45) is 5.92 Å². The van der Waals surface area contributed by atoms with Crippen LogP contribution in [0.4, 0.5) is 5.69 Å². The summed E-state index contributed by atoms with van der Waals surface area (Å²) in [6, 6.07) is 5.29. The molecule has 0 amide bonds. The lowest BCUT2D eigenvalue weighted by atomic mass is 9.85. The second kappa shape index (κ2) is 4.93. The van der Waals surface area contributed by atoms with E-state index in [0.29, 0.717) is 0 Å². The summed E-state index contributed by atoms with van der Waals surface area (Å²) in [4.78, 5) is 45.5. The van der Waals surface area contributed by atoms with Crippen LogP contribution in [0.3, 0.4) is 0 Å². The van der Waals surface area contributed by atoms with E-state index in [0.717, 1.165) is 0 Å². The van der Waals surface area contributed by atoms with Gasteiger partial charge in [-0.25, -0.2) is 0 Å². The number of nitro benzene ring substituents is 1. The Morgan fingerprint density at radius 2 is 1.95 bits per heavy atom. The minimum Gasteiger partial charge on any atom is -0.298 e. The molecule has 1 unspecified atom stereocenters. The summed E-state index contributed by atoms with van der Waals surface area (Å²) >= 11 is 0. The SMILES string of the molecule is O=C1C=CCC(=O)C1C(=O)c1ccccc1[N+](=O)[O-]. The highest BCUT2D eigenvalue weighted by molar-refractivity contribution is 6.28. The highest BCUT2D eigenvalue weighted by Crippen LogP contribution is 2.24. The fourth-order valence-electron chi connectivity index (χ4n) is 1.94. The fraction of sp³-hybridized carbons (Fsp3) is 0.154. The Balaban J connectivity index is 2.45. The predicted octanol–water partition coefficient (Wildman–Crippen LogP) is 1.49. The summed E-state index contributed by atoms with van der Waals surface area (Å²) in [7, 11) is 0. The van der Waals surface area contributed by atoms with Gasteiger partial charge in [-0.15, -0.1) is 0 Å². The standard InChI is InChI=1S/C13H9NO5/c15-10-6-3-7-11(16)12(10)13(17)8-4-1-2-5-9(8)14(18)19/h1-6,12H,7H2. The maximum Gasteiger partial charge on any atom is 0.280 e. The number of hydrogen-bond donors (Lipinski definition) is 0. The van der Waals surface area contributed by atoms with E-state index in [-0.39, 0.29) is 12.0 Å². The molecule has 96 valence electrons. The number of benzene rings is 1. The Morgan fingerprint density at radius 3 is 2.58 bits per heavy atom. The zero-order valence-corrected chi connectivity index (χ0v) is 9.74. The number of allylic oxidation sites excluding steroid dienone is 2. The summed E-state index contributed by atoms with van der Waals surface area (Å²) in [5.41, 5.74) is -0.614. The van der Waals surface area contributed by atoms with Crippen LogP contribution in [0.15, 0.2) is 36.4 Å². The van der Waals surface area contributed by atoms with Gasteiger partial charge in [-0.05, 0) is 12.1 Å². The van der Waals surface area contributed by atoms with Gasteiger partial charge in [0.15, 0.2) is 17.3 Å². The largest absolute Gasteiger partial charge is 0.298 e. The molecule has 1 atom stereocenters. The zero-order valence-electron chi connectivity index (χ0n) is 9.74. The number of hydrogen-bond acceptors (Lipinski definition) is 5. The third-order valence-electron chi connectivity index (χ3n) is 2.84. The molecule has 6 nitrogen and oxygen atoms in total. The second-order valence-corrected chi connectivity index (χ2v) is 4.05. The maximum absolute atomic E-state index is 12.2. The van der Waals surface area contributed by atoms with Gasteiger partial charge in [-0.3, -0.25) is 24.5 Å². The lowest BCUT2D eigenvalue weighted by molar-refractivity contribution is -0.385. The van der Waals surface area contributed by atoms with Gasteiger partial charge in [0.1, 0.15) is 5.92 Å². The minimum absolute atomic E-state index is 0.0111. The van der Waals surface area contributed by atoms with E-state index in [1.54, 1.807) is 0 Å². The van der Waals surface area contributed by atoms with E-state index in [9.17, 15) is 24.5 Å². The molecule has 6 heteroatoms. The maximum atomic E-state index is 12.2. The molecule has 0 N–H and O–H groups in total. The molecule has 0 saturated heterocycles. The average Bonchev–Trinajstić information content (AvgIpc) is 2.38. The fourth-order valence-corrected chi connectivity index (χ4v) is 1.94.